The molecule has 2 aromatic rings. The normalized spacial score (nSPS) is 15.5. The average Bonchev–Trinajstić information content (AvgIpc) is 2.53. The molecule has 0 aliphatic heterocycles. The van der Waals surface area contributed by atoms with Crippen molar-refractivity contribution in [2.45, 2.75) is 54.9 Å². The predicted molar refractivity (Wildman–Crippen MR) is 95.1 cm³/mol. The lowest BCUT2D eigenvalue weighted by atomic mass is 9.95. The number of rotatable bonds is 4. The van der Waals surface area contributed by atoms with Gasteiger partial charge in [-0.1, -0.05) is 48.7 Å². The van der Waals surface area contributed by atoms with Crippen molar-refractivity contribution < 1.29 is 0 Å². The van der Waals surface area contributed by atoms with E-state index in [-0.39, 0.29) is 11.5 Å². The van der Waals surface area contributed by atoms with Gasteiger partial charge in [-0.2, -0.15) is 4.98 Å². The fraction of sp³-hybridized carbons (Fsp3) is 0.412. The summed E-state index contributed by atoms with van der Waals surface area (Å²) in [5.74, 6) is 0.755. The monoisotopic (exact) mass is 330 g/mol. The van der Waals surface area contributed by atoms with E-state index >= 15 is 0 Å². The molecule has 1 aliphatic carbocycles. The number of hydrogen-bond acceptors (Lipinski definition) is 5. The first-order valence-corrected chi connectivity index (χ1v) is 8.84. The summed E-state index contributed by atoms with van der Waals surface area (Å²) in [5, 5.41) is 3.43. The summed E-state index contributed by atoms with van der Waals surface area (Å²) < 4.78 is 0. The van der Waals surface area contributed by atoms with Crippen LogP contribution in [0.15, 0.2) is 38.9 Å². The topological polar surface area (TPSA) is 83.8 Å². The van der Waals surface area contributed by atoms with E-state index in [0.717, 1.165) is 17.7 Å². The highest BCUT2D eigenvalue weighted by Crippen LogP contribution is 2.31. The zero-order chi connectivity index (χ0) is 16.2. The number of anilines is 2. The SMILES string of the molecule is Cc1ccc(Sc2c(NC3CCCCC3)nc(N)[nH]c2=O)cc1. The first kappa shape index (κ1) is 15.9. The summed E-state index contributed by atoms with van der Waals surface area (Å²) in [6.07, 6.45) is 5.95. The van der Waals surface area contributed by atoms with Crippen LogP contribution >= 0.6 is 11.8 Å². The van der Waals surface area contributed by atoms with Crippen molar-refractivity contribution in [2.75, 3.05) is 11.1 Å². The predicted octanol–water partition coefficient (Wildman–Crippen LogP) is 3.56. The molecule has 1 aromatic carbocycles. The van der Waals surface area contributed by atoms with Crippen LogP contribution in [0.2, 0.25) is 0 Å². The number of hydrogen-bond donors (Lipinski definition) is 3. The Kier molecular flexibility index (Phi) is 4.91. The van der Waals surface area contributed by atoms with Crippen LogP contribution in [0, 0.1) is 6.92 Å². The summed E-state index contributed by atoms with van der Waals surface area (Å²) >= 11 is 1.42. The zero-order valence-corrected chi connectivity index (χ0v) is 14.1. The molecule has 5 nitrogen and oxygen atoms in total. The molecule has 1 fully saturated rings. The van der Waals surface area contributed by atoms with E-state index in [1.807, 2.05) is 31.2 Å². The Morgan fingerprint density at radius 3 is 2.61 bits per heavy atom. The molecule has 3 rings (SSSR count). The highest BCUT2D eigenvalue weighted by molar-refractivity contribution is 7.99. The minimum atomic E-state index is -0.193. The summed E-state index contributed by atoms with van der Waals surface area (Å²) in [7, 11) is 0. The molecular weight excluding hydrogens is 308 g/mol. The second-order valence-corrected chi connectivity index (χ2v) is 7.11. The zero-order valence-electron chi connectivity index (χ0n) is 13.3. The highest BCUT2D eigenvalue weighted by Gasteiger charge is 2.18. The number of nitrogens with zero attached hydrogens (tertiary/aromatic N) is 1. The van der Waals surface area contributed by atoms with E-state index in [9.17, 15) is 4.79 Å². The highest BCUT2D eigenvalue weighted by atomic mass is 32.2. The maximum absolute atomic E-state index is 12.3. The Morgan fingerprint density at radius 2 is 1.91 bits per heavy atom. The van der Waals surface area contributed by atoms with Crippen molar-refractivity contribution in [3.63, 3.8) is 0 Å². The Labute approximate surface area is 140 Å². The van der Waals surface area contributed by atoms with E-state index in [0.29, 0.717) is 16.8 Å². The molecule has 0 saturated heterocycles. The molecule has 1 aliphatic rings. The maximum Gasteiger partial charge on any atom is 0.268 e. The van der Waals surface area contributed by atoms with Crippen molar-refractivity contribution in [1.29, 1.82) is 0 Å². The van der Waals surface area contributed by atoms with Crippen molar-refractivity contribution in [3.05, 3.63) is 40.2 Å². The number of H-pyrrole nitrogens is 1. The van der Waals surface area contributed by atoms with Crippen LogP contribution in [0.1, 0.15) is 37.7 Å². The van der Waals surface area contributed by atoms with E-state index in [1.54, 1.807) is 0 Å². The lowest BCUT2D eigenvalue weighted by Gasteiger charge is -2.24. The number of benzene rings is 1. The number of nitrogens with one attached hydrogen (secondary N) is 2. The number of nitrogens with two attached hydrogens (primary N) is 1. The van der Waals surface area contributed by atoms with Crippen LogP contribution in [-0.2, 0) is 0 Å². The van der Waals surface area contributed by atoms with Gasteiger partial charge in [0.2, 0.25) is 5.95 Å². The second kappa shape index (κ2) is 7.08. The summed E-state index contributed by atoms with van der Waals surface area (Å²) in [6.45, 7) is 2.04. The summed E-state index contributed by atoms with van der Waals surface area (Å²) in [5.41, 5.74) is 6.73. The molecule has 0 spiro atoms. The molecule has 0 unspecified atom stereocenters. The lowest BCUT2D eigenvalue weighted by molar-refractivity contribution is 0.461. The van der Waals surface area contributed by atoms with Crippen molar-refractivity contribution in [1.82, 2.24) is 9.97 Å². The molecule has 0 amide bonds. The maximum atomic E-state index is 12.3. The van der Waals surface area contributed by atoms with Gasteiger partial charge in [-0.25, -0.2) is 0 Å². The van der Waals surface area contributed by atoms with Gasteiger partial charge in [-0.15, -0.1) is 0 Å². The van der Waals surface area contributed by atoms with E-state index in [2.05, 4.69) is 15.3 Å². The van der Waals surface area contributed by atoms with Gasteiger partial charge in [-0.3, -0.25) is 9.78 Å². The number of aryl methyl sites for hydroxylation is 1. The molecular formula is C17H22N4OS. The first-order valence-electron chi connectivity index (χ1n) is 8.02. The van der Waals surface area contributed by atoms with Crippen molar-refractivity contribution in [2.24, 2.45) is 0 Å². The van der Waals surface area contributed by atoms with Crippen LogP contribution in [0.3, 0.4) is 0 Å². The second-order valence-electron chi connectivity index (χ2n) is 6.02. The first-order chi connectivity index (χ1) is 11.1. The Balaban J connectivity index is 1.88. The van der Waals surface area contributed by atoms with Gasteiger partial charge in [0.15, 0.2) is 0 Å². The minimum Gasteiger partial charge on any atom is -0.369 e. The minimum absolute atomic E-state index is 0.154. The number of aromatic nitrogens is 2. The van der Waals surface area contributed by atoms with Crippen LogP contribution in [0.25, 0.3) is 0 Å². The largest absolute Gasteiger partial charge is 0.369 e. The van der Waals surface area contributed by atoms with Crippen molar-refractivity contribution >= 4 is 23.5 Å². The Hall–Kier alpha value is -1.95. The van der Waals surface area contributed by atoms with Gasteiger partial charge in [-0.05, 0) is 31.9 Å². The standard InChI is InChI=1S/C17H22N4OS/c1-11-7-9-13(10-8-11)23-14-15(20-17(18)21-16(14)22)19-12-5-3-2-4-6-12/h7-10,12H,2-6H2,1H3,(H4,18,19,20,21,22). The van der Waals surface area contributed by atoms with Gasteiger partial charge >= 0.3 is 0 Å². The molecule has 122 valence electrons. The molecule has 1 saturated carbocycles. The van der Waals surface area contributed by atoms with Gasteiger partial charge in [0.05, 0.1) is 0 Å². The smallest absolute Gasteiger partial charge is 0.268 e. The fourth-order valence-corrected chi connectivity index (χ4v) is 3.69. The average molecular weight is 330 g/mol. The van der Waals surface area contributed by atoms with Crippen LogP contribution in [-0.4, -0.2) is 16.0 Å². The molecule has 4 N–H and O–H groups in total. The number of aromatic amines is 1. The van der Waals surface area contributed by atoms with Gasteiger partial charge in [0.25, 0.3) is 5.56 Å². The van der Waals surface area contributed by atoms with Crippen molar-refractivity contribution in [3.8, 4) is 0 Å². The third-order valence-corrected chi connectivity index (χ3v) is 5.17. The van der Waals surface area contributed by atoms with Gasteiger partial charge < -0.3 is 11.1 Å². The third kappa shape index (κ3) is 4.07. The lowest BCUT2D eigenvalue weighted by Crippen LogP contribution is -2.26. The quantitative estimate of drug-likeness (QED) is 0.798. The Bertz CT molecular complexity index is 720. The van der Waals surface area contributed by atoms with Crippen LogP contribution < -0.4 is 16.6 Å². The molecule has 1 heterocycles. The summed E-state index contributed by atoms with van der Waals surface area (Å²) in [6, 6.07) is 8.47. The van der Waals surface area contributed by atoms with Crippen LogP contribution in [0.5, 0.6) is 0 Å². The van der Waals surface area contributed by atoms with Gasteiger partial charge in [0.1, 0.15) is 10.7 Å². The molecule has 1 aromatic heterocycles. The van der Waals surface area contributed by atoms with Crippen LogP contribution in [0.4, 0.5) is 11.8 Å². The molecule has 6 heteroatoms. The van der Waals surface area contributed by atoms with E-state index < -0.39 is 0 Å². The number of nitrogen functional groups attached to an aromatic ring is 1. The molecule has 0 bridgehead atoms. The molecule has 0 atom stereocenters. The van der Waals surface area contributed by atoms with E-state index in [1.165, 1.54) is 36.6 Å². The summed E-state index contributed by atoms with van der Waals surface area (Å²) in [4.78, 5) is 20.9. The third-order valence-electron chi connectivity index (χ3n) is 4.08. The fourth-order valence-electron chi connectivity index (χ4n) is 2.84. The van der Waals surface area contributed by atoms with E-state index in [4.69, 9.17) is 5.73 Å². The Morgan fingerprint density at radius 1 is 1.22 bits per heavy atom. The molecule has 23 heavy (non-hydrogen) atoms. The molecule has 0 radical (unpaired) electrons. The van der Waals surface area contributed by atoms with Gasteiger partial charge in [0, 0.05) is 10.9 Å².